The van der Waals surface area contributed by atoms with Gasteiger partial charge in [-0.1, -0.05) is 24.3 Å². The van der Waals surface area contributed by atoms with Gasteiger partial charge in [-0.25, -0.2) is 9.97 Å². The van der Waals surface area contributed by atoms with Crippen LogP contribution in [0, 0.1) is 0 Å². The van der Waals surface area contributed by atoms with Crippen LogP contribution < -0.4 is 0 Å². The second-order valence-electron chi connectivity index (χ2n) is 2.96. The van der Waals surface area contributed by atoms with Gasteiger partial charge < -0.3 is 0 Å². The average molecular weight is 265 g/mol. The normalized spacial score (nSPS) is 11.2. The van der Waals surface area contributed by atoms with E-state index >= 15 is 0 Å². The quantitative estimate of drug-likeness (QED) is 0.620. The fraction of sp³-hybridized carbons (Fsp3) is 0. The molecular weight excluding hydrogens is 260 g/mol. The Morgan fingerprint density at radius 3 is 3.00 bits per heavy atom. The zero-order valence-electron chi connectivity index (χ0n) is 7.07. The number of aromatic nitrogens is 2. The zero-order chi connectivity index (χ0) is 9.54. The maximum atomic E-state index is 4.30. The summed E-state index contributed by atoms with van der Waals surface area (Å²) in [5, 5.41) is 2.39. The van der Waals surface area contributed by atoms with Crippen molar-refractivity contribution >= 4 is 48.4 Å². The zero-order valence-corrected chi connectivity index (χ0v) is 9.47. The average Bonchev–Trinajstić information content (AvgIpc) is 2.59. The predicted molar refractivity (Wildman–Crippen MR) is 62.6 cm³/mol. The third-order valence-electron chi connectivity index (χ3n) is 2.11. The molecule has 1 aromatic carbocycles. The Kier molecular flexibility index (Phi) is 1.78. The highest BCUT2D eigenvalue weighted by Crippen LogP contribution is 2.30. The lowest BCUT2D eigenvalue weighted by Crippen LogP contribution is -1.77. The minimum absolute atomic E-state index is 0.820. The molecule has 2 aromatic heterocycles. The van der Waals surface area contributed by atoms with Crippen LogP contribution in [0.3, 0.4) is 0 Å². The number of hydrogen-bond donors (Lipinski definition) is 0. The second kappa shape index (κ2) is 3.00. The van der Waals surface area contributed by atoms with Crippen molar-refractivity contribution in [2.75, 3.05) is 0 Å². The van der Waals surface area contributed by atoms with Crippen LogP contribution in [-0.4, -0.2) is 9.97 Å². The number of rotatable bonds is 0. The standard InChI is InChI=1S/C10H5BrN2S/c11-10-13-9-8(14-10)7-4-2-1-3-6(7)5-12-9/h1-5H. The number of hydrogen-bond acceptors (Lipinski definition) is 3. The summed E-state index contributed by atoms with van der Waals surface area (Å²) in [6, 6.07) is 8.22. The first kappa shape index (κ1) is 8.32. The minimum Gasteiger partial charge on any atom is -0.235 e. The summed E-state index contributed by atoms with van der Waals surface area (Å²) < 4.78 is 2.03. The van der Waals surface area contributed by atoms with Gasteiger partial charge in [0.2, 0.25) is 0 Å². The molecule has 0 aliphatic heterocycles. The van der Waals surface area contributed by atoms with Crippen LogP contribution in [-0.2, 0) is 0 Å². The fourth-order valence-electron chi connectivity index (χ4n) is 1.50. The van der Waals surface area contributed by atoms with Crippen molar-refractivity contribution in [1.29, 1.82) is 0 Å². The van der Waals surface area contributed by atoms with Gasteiger partial charge in [-0.3, -0.25) is 0 Å². The van der Waals surface area contributed by atoms with Crippen molar-refractivity contribution < 1.29 is 0 Å². The molecule has 0 atom stereocenters. The minimum atomic E-state index is 0.820. The first-order valence-corrected chi connectivity index (χ1v) is 5.75. The van der Waals surface area contributed by atoms with Crippen LogP contribution in [0.4, 0.5) is 0 Å². The van der Waals surface area contributed by atoms with Gasteiger partial charge in [0.25, 0.3) is 0 Å². The lowest BCUT2D eigenvalue weighted by molar-refractivity contribution is 1.32. The van der Waals surface area contributed by atoms with E-state index in [1.54, 1.807) is 11.3 Å². The molecule has 0 fully saturated rings. The molecule has 0 amide bonds. The van der Waals surface area contributed by atoms with Crippen molar-refractivity contribution in [3.63, 3.8) is 0 Å². The van der Waals surface area contributed by atoms with E-state index in [0.717, 1.165) is 19.7 Å². The van der Waals surface area contributed by atoms with Crippen molar-refractivity contribution in [3.05, 3.63) is 34.4 Å². The first-order valence-electron chi connectivity index (χ1n) is 4.14. The highest BCUT2D eigenvalue weighted by Gasteiger charge is 2.05. The Hall–Kier alpha value is -1.00. The summed E-state index contributed by atoms with van der Waals surface area (Å²) in [5.41, 5.74) is 0.820. The molecule has 0 saturated carbocycles. The molecule has 0 aliphatic carbocycles. The molecule has 0 bridgehead atoms. The SMILES string of the molecule is Brc1nc2ncc3ccccc3c2s1. The predicted octanol–water partition coefficient (Wildman–Crippen LogP) is 3.61. The van der Waals surface area contributed by atoms with Crippen molar-refractivity contribution in [1.82, 2.24) is 9.97 Å². The monoisotopic (exact) mass is 264 g/mol. The number of thiazole rings is 1. The summed E-state index contributed by atoms with van der Waals surface area (Å²) in [6.45, 7) is 0. The van der Waals surface area contributed by atoms with Gasteiger partial charge in [-0.15, -0.1) is 11.3 Å². The molecule has 4 heteroatoms. The second-order valence-corrected chi connectivity index (χ2v) is 5.24. The van der Waals surface area contributed by atoms with Gasteiger partial charge in [0.05, 0.1) is 4.70 Å². The van der Waals surface area contributed by atoms with E-state index in [9.17, 15) is 0 Å². The lowest BCUT2D eigenvalue weighted by atomic mass is 10.2. The smallest absolute Gasteiger partial charge is 0.172 e. The molecule has 2 nitrogen and oxygen atoms in total. The van der Waals surface area contributed by atoms with Crippen molar-refractivity contribution in [2.24, 2.45) is 0 Å². The van der Waals surface area contributed by atoms with Gasteiger partial charge in [0.15, 0.2) is 9.56 Å². The number of fused-ring (bicyclic) bond motifs is 3. The van der Waals surface area contributed by atoms with Crippen LogP contribution in [0.1, 0.15) is 0 Å². The number of benzene rings is 1. The van der Waals surface area contributed by atoms with Crippen LogP contribution in [0.15, 0.2) is 34.4 Å². The van der Waals surface area contributed by atoms with E-state index in [2.05, 4.69) is 38.0 Å². The van der Waals surface area contributed by atoms with Crippen LogP contribution in [0.5, 0.6) is 0 Å². The molecule has 3 rings (SSSR count). The van der Waals surface area contributed by atoms with Gasteiger partial charge in [0.1, 0.15) is 0 Å². The van der Waals surface area contributed by atoms with E-state index < -0.39 is 0 Å². The number of nitrogens with zero attached hydrogens (tertiary/aromatic N) is 2. The molecule has 0 radical (unpaired) electrons. The third kappa shape index (κ3) is 1.14. The summed E-state index contributed by atoms with van der Waals surface area (Å²) in [5.74, 6) is 0. The molecule has 0 saturated heterocycles. The van der Waals surface area contributed by atoms with E-state index in [1.807, 2.05) is 18.3 Å². The summed E-state index contributed by atoms with van der Waals surface area (Å²) in [7, 11) is 0. The Morgan fingerprint density at radius 2 is 2.07 bits per heavy atom. The Labute approximate surface area is 92.7 Å². The Morgan fingerprint density at radius 1 is 1.21 bits per heavy atom. The van der Waals surface area contributed by atoms with E-state index in [-0.39, 0.29) is 0 Å². The van der Waals surface area contributed by atoms with Crippen molar-refractivity contribution in [2.45, 2.75) is 0 Å². The van der Waals surface area contributed by atoms with Crippen molar-refractivity contribution in [3.8, 4) is 0 Å². The Balaban J connectivity index is 2.60. The molecule has 0 unspecified atom stereocenters. The molecule has 0 N–H and O–H groups in total. The molecular formula is C10H5BrN2S. The summed E-state index contributed by atoms with van der Waals surface area (Å²) in [6.07, 6.45) is 1.86. The lowest BCUT2D eigenvalue weighted by Gasteiger charge is -1.95. The molecule has 0 spiro atoms. The van der Waals surface area contributed by atoms with Gasteiger partial charge in [-0.05, 0) is 15.9 Å². The third-order valence-corrected chi connectivity index (χ3v) is 3.64. The van der Waals surface area contributed by atoms with E-state index in [4.69, 9.17) is 0 Å². The molecule has 2 heterocycles. The fourth-order valence-corrected chi connectivity index (χ4v) is 2.94. The Bertz CT molecular complexity index is 618. The van der Waals surface area contributed by atoms with Crippen LogP contribution in [0.25, 0.3) is 21.1 Å². The largest absolute Gasteiger partial charge is 0.235 e. The molecule has 3 aromatic rings. The molecule has 68 valence electrons. The summed E-state index contributed by atoms with van der Waals surface area (Å²) >= 11 is 5.00. The van der Waals surface area contributed by atoms with E-state index in [1.165, 1.54) is 5.39 Å². The summed E-state index contributed by atoms with van der Waals surface area (Å²) in [4.78, 5) is 8.59. The topological polar surface area (TPSA) is 25.8 Å². The maximum absolute atomic E-state index is 4.30. The van der Waals surface area contributed by atoms with E-state index in [0.29, 0.717) is 0 Å². The van der Waals surface area contributed by atoms with Gasteiger partial charge >= 0.3 is 0 Å². The first-order chi connectivity index (χ1) is 6.84. The number of pyridine rings is 1. The highest BCUT2D eigenvalue weighted by atomic mass is 79.9. The van der Waals surface area contributed by atoms with Crippen LogP contribution >= 0.6 is 27.3 Å². The highest BCUT2D eigenvalue weighted by molar-refractivity contribution is 9.11. The van der Waals surface area contributed by atoms with Gasteiger partial charge in [-0.2, -0.15) is 0 Å². The maximum Gasteiger partial charge on any atom is 0.172 e. The number of halogens is 1. The molecule has 0 aliphatic rings. The molecule has 14 heavy (non-hydrogen) atoms. The van der Waals surface area contributed by atoms with Gasteiger partial charge in [0, 0.05) is 17.0 Å². The van der Waals surface area contributed by atoms with Crippen LogP contribution in [0.2, 0.25) is 0 Å².